The molecule has 2 aromatic rings. The Kier molecular flexibility index (Phi) is 6.94. The van der Waals surface area contributed by atoms with Crippen molar-refractivity contribution in [2.45, 2.75) is 57.1 Å². The van der Waals surface area contributed by atoms with E-state index in [0.717, 1.165) is 82.6 Å². The second-order valence-electron chi connectivity index (χ2n) is 10.7. The number of piperidine rings is 1. The van der Waals surface area contributed by atoms with Crippen molar-refractivity contribution in [2.75, 3.05) is 57.3 Å². The van der Waals surface area contributed by atoms with E-state index in [0.29, 0.717) is 0 Å². The molecule has 8 nitrogen and oxygen atoms in total. The number of fused-ring (bicyclic) bond motifs is 1. The van der Waals surface area contributed by atoms with Gasteiger partial charge < -0.3 is 19.4 Å². The van der Waals surface area contributed by atoms with Crippen molar-refractivity contribution >= 4 is 11.8 Å². The number of aromatic nitrogens is 2. The molecule has 0 bridgehead atoms. The third kappa shape index (κ3) is 5.14. The van der Waals surface area contributed by atoms with E-state index in [1.807, 2.05) is 9.80 Å². The molecule has 8 heteroatoms. The van der Waals surface area contributed by atoms with Crippen LogP contribution in [0.5, 0.6) is 5.75 Å². The SMILES string of the molecule is O=C(N1CCC(Oc2ccc3c(c2)CCN(C2CCC2)CC3)CC1)N1CCN(c2cnccn2)CC1. The molecule has 2 amide bonds. The first-order chi connectivity index (χ1) is 17.7. The molecule has 3 aliphatic heterocycles. The summed E-state index contributed by atoms with van der Waals surface area (Å²) in [5.74, 6) is 1.88. The average molecular weight is 491 g/mol. The molecule has 4 aliphatic rings. The Hall–Kier alpha value is -2.87. The summed E-state index contributed by atoms with van der Waals surface area (Å²) in [5, 5.41) is 0. The van der Waals surface area contributed by atoms with Gasteiger partial charge in [-0.2, -0.15) is 0 Å². The maximum absolute atomic E-state index is 13.1. The summed E-state index contributed by atoms with van der Waals surface area (Å²) < 4.78 is 6.42. The van der Waals surface area contributed by atoms with Gasteiger partial charge in [0.05, 0.1) is 6.20 Å². The molecule has 1 aromatic carbocycles. The maximum Gasteiger partial charge on any atom is 0.320 e. The molecule has 36 heavy (non-hydrogen) atoms. The van der Waals surface area contributed by atoms with Crippen LogP contribution in [0.1, 0.15) is 43.2 Å². The molecular formula is C28H38N6O2. The van der Waals surface area contributed by atoms with Gasteiger partial charge in [-0.3, -0.25) is 9.88 Å². The molecule has 1 saturated carbocycles. The lowest BCUT2D eigenvalue weighted by atomic mass is 9.91. The zero-order valence-electron chi connectivity index (χ0n) is 21.2. The third-order valence-electron chi connectivity index (χ3n) is 8.54. The number of anilines is 1. The highest BCUT2D eigenvalue weighted by Crippen LogP contribution is 2.29. The minimum atomic E-state index is 0.160. The van der Waals surface area contributed by atoms with Crippen molar-refractivity contribution in [1.29, 1.82) is 0 Å². The fourth-order valence-electron chi connectivity index (χ4n) is 6.05. The number of rotatable bonds is 4. The summed E-state index contributed by atoms with van der Waals surface area (Å²) in [6, 6.07) is 7.71. The van der Waals surface area contributed by atoms with Crippen LogP contribution in [0.2, 0.25) is 0 Å². The van der Waals surface area contributed by atoms with E-state index in [1.54, 1.807) is 18.6 Å². The number of benzene rings is 1. The van der Waals surface area contributed by atoms with E-state index in [9.17, 15) is 4.79 Å². The summed E-state index contributed by atoms with van der Waals surface area (Å²) >= 11 is 0. The molecule has 0 spiro atoms. The number of ether oxygens (including phenoxy) is 1. The van der Waals surface area contributed by atoms with Crippen LogP contribution in [-0.4, -0.2) is 95.2 Å². The number of urea groups is 1. The van der Waals surface area contributed by atoms with Crippen LogP contribution in [0.15, 0.2) is 36.8 Å². The van der Waals surface area contributed by atoms with E-state index in [4.69, 9.17) is 4.74 Å². The number of hydrogen-bond acceptors (Lipinski definition) is 6. The minimum Gasteiger partial charge on any atom is -0.490 e. The standard InChI is InChI=1S/C28H38N6O2/c35-28(34-18-16-32(17-19-34)27-21-29-10-11-30-27)33-14-8-25(9-15-33)36-26-5-4-22-6-12-31(24-2-1-3-24)13-7-23(22)20-26/h4-5,10-11,20-21,24-25H,1-3,6-9,12-19H2. The lowest BCUT2D eigenvalue weighted by Gasteiger charge is -2.40. The second-order valence-corrected chi connectivity index (χ2v) is 10.7. The van der Waals surface area contributed by atoms with Gasteiger partial charge in [0.15, 0.2) is 0 Å². The van der Waals surface area contributed by atoms with Crippen LogP contribution in [-0.2, 0) is 12.8 Å². The van der Waals surface area contributed by atoms with Gasteiger partial charge in [-0.05, 0) is 48.9 Å². The fraction of sp³-hybridized carbons (Fsp3) is 0.607. The van der Waals surface area contributed by atoms with Gasteiger partial charge in [0.25, 0.3) is 0 Å². The fourth-order valence-corrected chi connectivity index (χ4v) is 6.05. The van der Waals surface area contributed by atoms with Crippen molar-refractivity contribution in [1.82, 2.24) is 24.7 Å². The van der Waals surface area contributed by atoms with Crippen LogP contribution in [0, 0.1) is 0 Å². The predicted molar refractivity (Wildman–Crippen MR) is 139 cm³/mol. The Balaban J connectivity index is 0.970. The van der Waals surface area contributed by atoms with Gasteiger partial charge in [-0.1, -0.05) is 12.5 Å². The minimum absolute atomic E-state index is 0.160. The molecule has 4 heterocycles. The molecule has 6 rings (SSSR count). The van der Waals surface area contributed by atoms with Crippen LogP contribution in [0.25, 0.3) is 0 Å². The molecule has 192 valence electrons. The summed E-state index contributed by atoms with van der Waals surface area (Å²) in [6.45, 7) is 6.92. The lowest BCUT2D eigenvalue weighted by molar-refractivity contribution is 0.0936. The summed E-state index contributed by atoms with van der Waals surface area (Å²) in [6.07, 6.45) is 13.6. The van der Waals surface area contributed by atoms with Gasteiger partial charge in [-0.25, -0.2) is 9.78 Å². The van der Waals surface area contributed by atoms with Crippen molar-refractivity contribution in [3.05, 3.63) is 47.9 Å². The van der Waals surface area contributed by atoms with E-state index < -0.39 is 0 Å². The predicted octanol–water partition coefficient (Wildman–Crippen LogP) is 3.22. The molecule has 0 radical (unpaired) electrons. The number of carbonyl (C=O) groups is 1. The van der Waals surface area contributed by atoms with Crippen molar-refractivity contribution in [3.8, 4) is 5.75 Å². The van der Waals surface area contributed by atoms with Crippen molar-refractivity contribution in [2.24, 2.45) is 0 Å². The van der Waals surface area contributed by atoms with Crippen molar-refractivity contribution in [3.63, 3.8) is 0 Å². The van der Waals surface area contributed by atoms with Gasteiger partial charge in [-0.15, -0.1) is 0 Å². The maximum atomic E-state index is 13.1. The lowest BCUT2D eigenvalue weighted by Crippen LogP contribution is -2.54. The van der Waals surface area contributed by atoms with E-state index in [2.05, 4.69) is 38.0 Å². The Labute approximate surface area is 214 Å². The van der Waals surface area contributed by atoms with Crippen LogP contribution >= 0.6 is 0 Å². The largest absolute Gasteiger partial charge is 0.490 e. The monoisotopic (exact) mass is 490 g/mol. The number of nitrogens with zero attached hydrogens (tertiary/aromatic N) is 6. The summed E-state index contributed by atoms with van der Waals surface area (Å²) in [5.41, 5.74) is 2.95. The van der Waals surface area contributed by atoms with Gasteiger partial charge in [0.2, 0.25) is 0 Å². The molecule has 0 N–H and O–H groups in total. The molecule has 1 aromatic heterocycles. The van der Waals surface area contributed by atoms with Crippen molar-refractivity contribution < 1.29 is 9.53 Å². The number of hydrogen-bond donors (Lipinski definition) is 0. The van der Waals surface area contributed by atoms with E-state index in [-0.39, 0.29) is 12.1 Å². The number of amides is 2. The third-order valence-corrected chi connectivity index (χ3v) is 8.54. The zero-order valence-corrected chi connectivity index (χ0v) is 21.2. The highest BCUT2D eigenvalue weighted by Gasteiger charge is 2.30. The zero-order chi connectivity index (χ0) is 24.3. The highest BCUT2D eigenvalue weighted by atomic mass is 16.5. The Morgan fingerprint density at radius 1 is 0.833 bits per heavy atom. The van der Waals surface area contributed by atoms with Crippen LogP contribution < -0.4 is 9.64 Å². The van der Waals surface area contributed by atoms with Gasteiger partial charge in [0, 0.05) is 83.6 Å². The molecule has 0 atom stereocenters. The molecule has 1 aliphatic carbocycles. The first-order valence-electron chi connectivity index (χ1n) is 13.8. The Morgan fingerprint density at radius 3 is 2.28 bits per heavy atom. The van der Waals surface area contributed by atoms with Gasteiger partial charge in [0.1, 0.15) is 17.7 Å². The Morgan fingerprint density at radius 2 is 1.58 bits per heavy atom. The first-order valence-corrected chi connectivity index (χ1v) is 13.8. The molecule has 0 unspecified atom stereocenters. The molecular weight excluding hydrogens is 452 g/mol. The number of likely N-dealkylation sites (tertiary alicyclic amines) is 1. The summed E-state index contributed by atoms with van der Waals surface area (Å²) in [7, 11) is 0. The second kappa shape index (κ2) is 10.6. The highest BCUT2D eigenvalue weighted by molar-refractivity contribution is 5.75. The first kappa shape index (κ1) is 23.5. The van der Waals surface area contributed by atoms with Crippen LogP contribution in [0.4, 0.5) is 10.6 Å². The number of carbonyl (C=O) groups excluding carboxylic acids is 1. The van der Waals surface area contributed by atoms with E-state index >= 15 is 0 Å². The topological polar surface area (TPSA) is 65.0 Å². The smallest absolute Gasteiger partial charge is 0.320 e. The quantitative estimate of drug-likeness (QED) is 0.656. The molecule has 2 saturated heterocycles. The van der Waals surface area contributed by atoms with E-state index in [1.165, 1.54) is 43.5 Å². The number of piperazine rings is 1. The Bertz CT molecular complexity index is 1030. The van der Waals surface area contributed by atoms with Crippen LogP contribution in [0.3, 0.4) is 0 Å². The molecule has 3 fully saturated rings. The average Bonchev–Trinajstić information content (AvgIpc) is 3.11. The normalized spacial score (nSPS) is 22.1. The van der Waals surface area contributed by atoms with Gasteiger partial charge >= 0.3 is 6.03 Å². The summed E-state index contributed by atoms with van der Waals surface area (Å²) in [4.78, 5) is 30.5.